The van der Waals surface area contributed by atoms with Gasteiger partial charge in [-0.15, -0.1) is 0 Å². The van der Waals surface area contributed by atoms with Crippen LogP contribution in [-0.2, 0) is 11.1 Å². The van der Waals surface area contributed by atoms with Gasteiger partial charge in [-0.05, 0) is 19.1 Å². The Hall–Kier alpha value is -0.910. The summed E-state index contributed by atoms with van der Waals surface area (Å²) < 4.78 is 21.0. The van der Waals surface area contributed by atoms with Crippen LogP contribution in [0.5, 0.6) is 0 Å². The van der Waals surface area contributed by atoms with Crippen molar-refractivity contribution in [3.8, 4) is 0 Å². The van der Waals surface area contributed by atoms with Gasteiger partial charge in [0.2, 0.25) is 0 Å². The molecule has 1 aromatic rings. The molecule has 4 nitrogen and oxygen atoms in total. The predicted octanol–water partition coefficient (Wildman–Crippen LogP) is 0.673. The predicted molar refractivity (Wildman–Crippen MR) is 64.3 cm³/mol. The molecule has 0 saturated carbocycles. The summed E-state index contributed by atoms with van der Waals surface area (Å²) in [6.07, 6.45) is 0. The van der Waals surface area contributed by atoms with Crippen LogP contribution < -0.4 is 4.90 Å². The molecule has 5 heteroatoms. The van der Waals surface area contributed by atoms with Crippen molar-refractivity contribution < 1.29 is 13.9 Å². The molecule has 1 atom stereocenters. The van der Waals surface area contributed by atoms with Crippen molar-refractivity contribution in [2.24, 2.45) is 0 Å². The van der Waals surface area contributed by atoms with Crippen molar-refractivity contribution in [3.63, 3.8) is 0 Å². The Balaban J connectivity index is 2.68. The first-order chi connectivity index (χ1) is 7.63. The van der Waals surface area contributed by atoms with Crippen LogP contribution in [0.2, 0.25) is 0 Å². The van der Waals surface area contributed by atoms with Crippen molar-refractivity contribution in [1.82, 2.24) is 0 Å². The molecular formula is C11H16NO3S-. The SMILES string of the molecule is Cc1ccc(N(CCO)CCS(=O)[O-])cc1. The quantitative estimate of drug-likeness (QED) is 0.745. The average molecular weight is 242 g/mol. The molecule has 1 N–H and O–H groups in total. The molecule has 0 aliphatic heterocycles. The van der Waals surface area contributed by atoms with E-state index in [9.17, 15) is 8.76 Å². The van der Waals surface area contributed by atoms with E-state index in [0.717, 1.165) is 11.3 Å². The van der Waals surface area contributed by atoms with Crippen LogP contribution in [0, 0.1) is 6.92 Å². The maximum atomic E-state index is 10.5. The minimum absolute atomic E-state index is 0.0133. The summed E-state index contributed by atoms with van der Waals surface area (Å²) in [5.74, 6) is 0.0773. The van der Waals surface area contributed by atoms with Gasteiger partial charge in [0.1, 0.15) is 0 Å². The Bertz CT molecular complexity index is 340. The summed E-state index contributed by atoms with van der Waals surface area (Å²) in [5.41, 5.74) is 2.09. The summed E-state index contributed by atoms with van der Waals surface area (Å²) in [6.45, 7) is 2.85. The van der Waals surface area contributed by atoms with Crippen LogP contribution in [0.15, 0.2) is 24.3 Å². The van der Waals surface area contributed by atoms with E-state index in [2.05, 4.69) is 0 Å². The van der Waals surface area contributed by atoms with Crippen LogP contribution in [-0.4, -0.2) is 39.3 Å². The minimum Gasteiger partial charge on any atom is -0.772 e. The highest BCUT2D eigenvalue weighted by Gasteiger charge is 2.05. The Labute approximate surface area is 98.2 Å². The molecule has 0 spiro atoms. The number of nitrogens with zero attached hydrogens (tertiary/aromatic N) is 1. The van der Waals surface area contributed by atoms with E-state index in [4.69, 9.17) is 5.11 Å². The highest BCUT2D eigenvalue weighted by Crippen LogP contribution is 2.14. The third-order valence-corrected chi connectivity index (χ3v) is 2.81. The van der Waals surface area contributed by atoms with Gasteiger partial charge in [-0.3, -0.25) is 4.21 Å². The van der Waals surface area contributed by atoms with E-state index in [-0.39, 0.29) is 12.4 Å². The fourth-order valence-corrected chi connectivity index (χ4v) is 1.80. The molecule has 16 heavy (non-hydrogen) atoms. The van der Waals surface area contributed by atoms with Crippen LogP contribution in [0.4, 0.5) is 5.69 Å². The van der Waals surface area contributed by atoms with Gasteiger partial charge >= 0.3 is 0 Å². The molecule has 0 amide bonds. The molecule has 0 saturated heterocycles. The molecule has 0 aliphatic rings. The minimum atomic E-state index is -2.04. The molecule has 0 aromatic heterocycles. The average Bonchev–Trinajstić information content (AvgIpc) is 2.25. The van der Waals surface area contributed by atoms with Crippen molar-refractivity contribution in [1.29, 1.82) is 0 Å². The van der Waals surface area contributed by atoms with E-state index in [1.54, 1.807) is 0 Å². The monoisotopic (exact) mass is 242 g/mol. The topological polar surface area (TPSA) is 63.6 Å². The molecule has 1 unspecified atom stereocenters. The molecule has 90 valence electrons. The van der Waals surface area contributed by atoms with Crippen molar-refractivity contribution in [2.75, 3.05) is 30.3 Å². The number of rotatable bonds is 6. The van der Waals surface area contributed by atoms with Crippen molar-refractivity contribution in [2.45, 2.75) is 6.92 Å². The Kier molecular flexibility index (Phi) is 5.45. The van der Waals surface area contributed by atoms with Gasteiger partial charge in [0, 0.05) is 24.5 Å². The van der Waals surface area contributed by atoms with E-state index >= 15 is 0 Å². The van der Waals surface area contributed by atoms with Crippen molar-refractivity contribution >= 4 is 16.8 Å². The number of hydrogen-bond acceptors (Lipinski definition) is 4. The van der Waals surface area contributed by atoms with Gasteiger partial charge < -0.3 is 14.6 Å². The highest BCUT2D eigenvalue weighted by molar-refractivity contribution is 7.79. The Morgan fingerprint density at radius 3 is 2.44 bits per heavy atom. The number of aryl methyl sites for hydroxylation is 1. The van der Waals surface area contributed by atoms with Gasteiger partial charge in [0.05, 0.1) is 6.61 Å². The number of aliphatic hydroxyl groups excluding tert-OH is 1. The zero-order valence-corrected chi connectivity index (χ0v) is 10.1. The largest absolute Gasteiger partial charge is 0.772 e. The lowest BCUT2D eigenvalue weighted by Gasteiger charge is -2.24. The second-order valence-electron chi connectivity index (χ2n) is 3.55. The molecule has 1 rings (SSSR count). The van der Waals surface area contributed by atoms with E-state index in [1.165, 1.54) is 0 Å². The summed E-state index contributed by atoms with van der Waals surface area (Å²) in [4.78, 5) is 1.86. The van der Waals surface area contributed by atoms with Crippen LogP contribution in [0.25, 0.3) is 0 Å². The number of aliphatic hydroxyl groups is 1. The molecule has 0 radical (unpaired) electrons. The highest BCUT2D eigenvalue weighted by atomic mass is 32.2. The van der Waals surface area contributed by atoms with Gasteiger partial charge in [0.15, 0.2) is 0 Å². The second-order valence-corrected chi connectivity index (χ2v) is 4.57. The number of benzene rings is 1. The fraction of sp³-hybridized carbons (Fsp3) is 0.455. The van der Waals surface area contributed by atoms with Gasteiger partial charge in [-0.1, -0.05) is 28.8 Å². The van der Waals surface area contributed by atoms with E-state index in [1.807, 2.05) is 36.1 Å². The summed E-state index contributed by atoms with van der Waals surface area (Å²) >= 11 is -2.04. The lowest BCUT2D eigenvalue weighted by molar-refractivity contribution is 0.302. The van der Waals surface area contributed by atoms with Crippen LogP contribution >= 0.6 is 0 Å². The van der Waals surface area contributed by atoms with Gasteiger partial charge in [0.25, 0.3) is 0 Å². The molecular weight excluding hydrogens is 226 g/mol. The third kappa shape index (κ3) is 4.30. The summed E-state index contributed by atoms with van der Waals surface area (Å²) in [6, 6.07) is 7.79. The lowest BCUT2D eigenvalue weighted by Crippen LogP contribution is -2.30. The molecule has 1 aromatic carbocycles. The summed E-state index contributed by atoms with van der Waals surface area (Å²) in [7, 11) is 0. The van der Waals surface area contributed by atoms with Crippen molar-refractivity contribution in [3.05, 3.63) is 29.8 Å². The molecule has 0 heterocycles. The molecule has 0 aliphatic carbocycles. The summed E-state index contributed by atoms with van der Waals surface area (Å²) in [5, 5.41) is 8.92. The smallest absolute Gasteiger partial charge is 0.0606 e. The third-order valence-electron chi connectivity index (χ3n) is 2.30. The molecule has 0 fully saturated rings. The second kappa shape index (κ2) is 6.62. The Morgan fingerprint density at radius 2 is 1.94 bits per heavy atom. The first kappa shape index (κ1) is 13.2. The fourth-order valence-electron chi connectivity index (χ4n) is 1.43. The van der Waals surface area contributed by atoms with Gasteiger partial charge in [-0.25, -0.2) is 0 Å². The first-order valence-corrected chi connectivity index (χ1v) is 6.36. The van der Waals surface area contributed by atoms with E-state index < -0.39 is 11.1 Å². The standard InChI is InChI=1S/C11H17NO3S/c1-10-2-4-11(5-3-10)12(6-8-13)7-9-16(14)15/h2-5,13H,6-9H2,1H3,(H,14,15)/p-1. The van der Waals surface area contributed by atoms with Gasteiger partial charge in [-0.2, -0.15) is 0 Å². The maximum absolute atomic E-state index is 10.5. The zero-order valence-electron chi connectivity index (χ0n) is 9.26. The lowest BCUT2D eigenvalue weighted by atomic mass is 10.2. The normalized spacial score (nSPS) is 12.4. The first-order valence-electron chi connectivity index (χ1n) is 5.12. The van der Waals surface area contributed by atoms with E-state index in [0.29, 0.717) is 13.1 Å². The molecule has 0 bridgehead atoms. The van der Waals surface area contributed by atoms with Crippen LogP contribution in [0.3, 0.4) is 0 Å². The maximum Gasteiger partial charge on any atom is 0.0606 e. The number of hydrogen-bond donors (Lipinski definition) is 1. The van der Waals surface area contributed by atoms with Crippen LogP contribution in [0.1, 0.15) is 5.56 Å². The zero-order chi connectivity index (χ0) is 12.0. The Morgan fingerprint density at radius 1 is 1.31 bits per heavy atom. The number of anilines is 1.